The number of fused-ring (bicyclic) bond motifs is 1. The molecule has 2 saturated heterocycles. The van der Waals surface area contributed by atoms with Crippen LogP contribution in [0.4, 0.5) is 5.95 Å². The molecule has 0 bridgehead atoms. The molecule has 8 heteroatoms. The number of amides is 1. The molecule has 0 radical (unpaired) electrons. The summed E-state index contributed by atoms with van der Waals surface area (Å²) in [6.07, 6.45) is 2.48. The van der Waals surface area contributed by atoms with E-state index in [1.165, 1.54) is 11.1 Å². The highest BCUT2D eigenvalue weighted by molar-refractivity contribution is 6.42. The normalized spacial score (nSPS) is 19.4. The van der Waals surface area contributed by atoms with Gasteiger partial charge in [0.05, 0.1) is 33.7 Å². The number of aromatic nitrogens is 2. The highest BCUT2D eigenvalue weighted by atomic mass is 35.5. The van der Waals surface area contributed by atoms with Gasteiger partial charge in [0.2, 0.25) is 11.9 Å². The molecule has 2 aliphatic heterocycles. The first kappa shape index (κ1) is 22.5. The largest absolute Gasteiger partial charge is 0.379 e. The first-order valence-corrected chi connectivity index (χ1v) is 12.2. The average molecular weight is 487 g/mol. The number of rotatable bonds is 4. The van der Waals surface area contributed by atoms with Crippen LogP contribution in [0.15, 0.2) is 30.3 Å². The number of nitrogens with zero attached hydrogens (tertiary/aromatic N) is 3. The van der Waals surface area contributed by atoms with E-state index in [2.05, 4.69) is 46.8 Å². The second kappa shape index (κ2) is 9.16. The Bertz CT molecular complexity index is 1190. The monoisotopic (exact) mass is 486 g/mol. The fourth-order valence-corrected chi connectivity index (χ4v) is 5.02. The Morgan fingerprint density at radius 3 is 2.52 bits per heavy atom. The molecular formula is C25H28Cl2N4O2. The molecule has 1 amide bonds. The Kier molecular flexibility index (Phi) is 6.25. The van der Waals surface area contributed by atoms with Crippen LogP contribution < -0.4 is 10.2 Å². The van der Waals surface area contributed by atoms with Crippen molar-refractivity contribution in [2.75, 3.05) is 31.2 Å². The molecule has 0 unspecified atom stereocenters. The minimum atomic E-state index is 0.0187. The molecule has 0 saturated carbocycles. The predicted octanol–water partition coefficient (Wildman–Crippen LogP) is 5.07. The summed E-state index contributed by atoms with van der Waals surface area (Å²) >= 11 is 12.7. The highest BCUT2D eigenvalue weighted by Gasteiger charge is 2.30. The average Bonchev–Trinajstić information content (AvgIpc) is 3.44. The van der Waals surface area contributed by atoms with E-state index in [1.807, 2.05) is 12.1 Å². The number of imidazole rings is 1. The van der Waals surface area contributed by atoms with Crippen molar-refractivity contribution in [3.63, 3.8) is 0 Å². The van der Waals surface area contributed by atoms with E-state index in [-0.39, 0.29) is 17.9 Å². The Labute approximate surface area is 203 Å². The lowest BCUT2D eigenvalue weighted by Gasteiger charge is -2.33. The van der Waals surface area contributed by atoms with Crippen LogP contribution >= 0.6 is 23.2 Å². The number of benzene rings is 2. The van der Waals surface area contributed by atoms with Gasteiger partial charge in [0.15, 0.2) is 0 Å². The van der Waals surface area contributed by atoms with Gasteiger partial charge in [-0.15, -0.1) is 0 Å². The minimum Gasteiger partial charge on any atom is -0.379 e. The summed E-state index contributed by atoms with van der Waals surface area (Å²) in [6.45, 7) is 7.09. The van der Waals surface area contributed by atoms with Gasteiger partial charge in [-0.3, -0.25) is 9.36 Å². The van der Waals surface area contributed by atoms with Crippen molar-refractivity contribution in [1.29, 1.82) is 0 Å². The summed E-state index contributed by atoms with van der Waals surface area (Å²) in [5.74, 6) is 1.02. The van der Waals surface area contributed by atoms with Crippen LogP contribution in [0.25, 0.3) is 16.7 Å². The summed E-state index contributed by atoms with van der Waals surface area (Å²) in [5.41, 5.74) is 5.22. The molecule has 33 heavy (non-hydrogen) atoms. The highest BCUT2D eigenvalue weighted by Crippen LogP contribution is 2.35. The van der Waals surface area contributed by atoms with E-state index >= 15 is 0 Å². The second-order valence-corrected chi connectivity index (χ2v) is 9.92. The van der Waals surface area contributed by atoms with E-state index < -0.39 is 0 Å². The minimum absolute atomic E-state index is 0.0187. The Morgan fingerprint density at radius 2 is 1.82 bits per heavy atom. The van der Waals surface area contributed by atoms with Gasteiger partial charge in [0.1, 0.15) is 0 Å². The van der Waals surface area contributed by atoms with Gasteiger partial charge in [0.25, 0.3) is 0 Å². The molecule has 0 spiro atoms. The number of carbonyl (C=O) groups excluding carboxylic acids is 1. The Balaban J connectivity index is 1.44. The van der Waals surface area contributed by atoms with Gasteiger partial charge < -0.3 is 15.0 Å². The van der Waals surface area contributed by atoms with Crippen molar-refractivity contribution < 1.29 is 9.53 Å². The number of hydrogen-bond donors (Lipinski definition) is 1. The molecule has 174 valence electrons. The number of aryl methyl sites for hydroxylation is 2. The van der Waals surface area contributed by atoms with Gasteiger partial charge >= 0.3 is 0 Å². The molecular weight excluding hydrogens is 459 g/mol. The Morgan fingerprint density at radius 1 is 1.06 bits per heavy atom. The second-order valence-electron chi connectivity index (χ2n) is 9.10. The number of anilines is 1. The van der Waals surface area contributed by atoms with Gasteiger partial charge in [-0.25, -0.2) is 4.98 Å². The number of carbonyl (C=O) groups is 1. The quantitative estimate of drug-likeness (QED) is 0.558. The molecule has 6 nitrogen and oxygen atoms in total. The maximum atomic E-state index is 12.7. The van der Waals surface area contributed by atoms with Crippen LogP contribution in [-0.4, -0.2) is 47.8 Å². The predicted molar refractivity (Wildman–Crippen MR) is 133 cm³/mol. The molecule has 2 fully saturated rings. The van der Waals surface area contributed by atoms with Crippen LogP contribution in [0, 0.1) is 19.8 Å². The standard InChI is InChI=1S/C25H28Cl2N4O2/c1-15-3-4-19(11-16(15)2)31-23-13-21(27)20(26)12-22(23)29-25(31)30-8-5-17(6-9-30)24(32)28-18-7-10-33-14-18/h3-4,11-13,17-18H,5-10,14H2,1-2H3,(H,28,32)/t18-/m1/s1. The van der Waals surface area contributed by atoms with Crippen LogP contribution in [0.3, 0.4) is 0 Å². The molecule has 1 aromatic heterocycles. The summed E-state index contributed by atoms with van der Waals surface area (Å²) in [4.78, 5) is 19.9. The third-order valence-electron chi connectivity index (χ3n) is 6.85. The molecule has 2 aromatic carbocycles. The van der Waals surface area contributed by atoms with Gasteiger partial charge in [-0.2, -0.15) is 0 Å². The first-order chi connectivity index (χ1) is 15.9. The third-order valence-corrected chi connectivity index (χ3v) is 7.57. The van der Waals surface area contributed by atoms with Gasteiger partial charge in [-0.1, -0.05) is 29.3 Å². The molecule has 5 rings (SSSR count). The van der Waals surface area contributed by atoms with Crippen molar-refractivity contribution >= 4 is 46.1 Å². The van der Waals surface area contributed by atoms with E-state index in [0.717, 1.165) is 61.6 Å². The first-order valence-electron chi connectivity index (χ1n) is 11.5. The number of nitrogens with one attached hydrogen (secondary N) is 1. The number of halogens is 2. The molecule has 2 aliphatic rings. The number of piperidine rings is 1. The van der Waals surface area contributed by atoms with Crippen LogP contribution in [-0.2, 0) is 9.53 Å². The van der Waals surface area contributed by atoms with Crippen LogP contribution in [0.2, 0.25) is 10.0 Å². The lowest BCUT2D eigenvalue weighted by molar-refractivity contribution is -0.126. The maximum Gasteiger partial charge on any atom is 0.223 e. The van der Waals surface area contributed by atoms with Gasteiger partial charge in [0, 0.05) is 31.3 Å². The molecule has 1 N–H and O–H groups in total. The van der Waals surface area contributed by atoms with Crippen LogP contribution in [0.5, 0.6) is 0 Å². The summed E-state index contributed by atoms with van der Waals surface area (Å²) in [7, 11) is 0. The molecule has 1 atom stereocenters. The summed E-state index contributed by atoms with van der Waals surface area (Å²) in [6, 6.07) is 10.3. The van der Waals surface area contributed by atoms with Crippen molar-refractivity contribution in [3.8, 4) is 5.69 Å². The zero-order chi connectivity index (χ0) is 23.1. The third kappa shape index (κ3) is 4.44. The number of hydrogen-bond acceptors (Lipinski definition) is 4. The van der Waals surface area contributed by atoms with Crippen molar-refractivity contribution in [1.82, 2.24) is 14.9 Å². The summed E-state index contributed by atoms with van der Waals surface area (Å²) < 4.78 is 7.54. The smallest absolute Gasteiger partial charge is 0.223 e. The van der Waals surface area contributed by atoms with E-state index in [4.69, 9.17) is 32.9 Å². The summed E-state index contributed by atoms with van der Waals surface area (Å²) in [5, 5.41) is 4.15. The van der Waals surface area contributed by atoms with Gasteiger partial charge in [-0.05, 0) is 68.5 Å². The zero-order valence-electron chi connectivity index (χ0n) is 18.9. The fraction of sp³-hybridized carbons (Fsp3) is 0.440. The van der Waals surface area contributed by atoms with Crippen molar-refractivity contribution in [2.24, 2.45) is 5.92 Å². The lowest BCUT2D eigenvalue weighted by Crippen LogP contribution is -2.44. The Hall–Kier alpha value is -2.28. The lowest BCUT2D eigenvalue weighted by atomic mass is 9.95. The maximum absolute atomic E-state index is 12.7. The SMILES string of the molecule is Cc1ccc(-n2c(N3CCC(C(=O)N[C@@H]4CCOC4)CC3)nc3cc(Cl)c(Cl)cc32)cc1C. The van der Waals surface area contributed by atoms with E-state index in [9.17, 15) is 4.79 Å². The molecule has 0 aliphatic carbocycles. The molecule has 3 heterocycles. The van der Waals surface area contributed by atoms with E-state index in [0.29, 0.717) is 16.7 Å². The zero-order valence-corrected chi connectivity index (χ0v) is 20.4. The number of ether oxygens (including phenoxy) is 1. The van der Waals surface area contributed by atoms with Crippen LogP contribution in [0.1, 0.15) is 30.4 Å². The van der Waals surface area contributed by atoms with Crippen molar-refractivity contribution in [2.45, 2.75) is 39.2 Å². The van der Waals surface area contributed by atoms with Crippen molar-refractivity contribution in [3.05, 3.63) is 51.5 Å². The molecule has 3 aromatic rings. The topological polar surface area (TPSA) is 59.4 Å². The van der Waals surface area contributed by atoms with E-state index in [1.54, 1.807) is 0 Å². The fourth-order valence-electron chi connectivity index (χ4n) is 4.70.